The second-order valence-electron chi connectivity index (χ2n) is 6.02. The minimum Gasteiger partial charge on any atom is -0.395 e. The van der Waals surface area contributed by atoms with Crippen LogP contribution in [0.15, 0.2) is 24.3 Å². The van der Waals surface area contributed by atoms with Crippen LogP contribution in [0.1, 0.15) is 25.0 Å². The van der Waals surface area contributed by atoms with Crippen LogP contribution in [0.25, 0.3) is 0 Å². The van der Waals surface area contributed by atoms with E-state index < -0.39 is 0 Å². The number of aliphatic hydroxyl groups excluding tert-OH is 1. The van der Waals surface area contributed by atoms with Crippen molar-refractivity contribution >= 4 is 17.8 Å². The first-order chi connectivity index (χ1) is 12.2. The lowest BCUT2D eigenvalue weighted by Gasteiger charge is -2.30. The number of fused-ring (bicyclic) bond motifs is 1. The molecule has 0 bridgehead atoms. The molecule has 1 aliphatic heterocycles. The van der Waals surface area contributed by atoms with E-state index in [1.807, 2.05) is 0 Å². The second kappa shape index (κ2) is 8.11. The fourth-order valence-corrected chi connectivity index (χ4v) is 3.06. The van der Waals surface area contributed by atoms with E-state index in [1.165, 1.54) is 11.1 Å². The average molecular weight is 342 g/mol. The topological polar surface area (TPSA) is 77.4 Å². The van der Waals surface area contributed by atoms with Gasteiger partial charge in [0.25, 0.3) is 0 Å². The fraction of sp³-hybridized carbons (Fsp3) is 0.500. The minimum atomic E-state index is 0.0404. The van der Waals surface area contributed by atoms with Crippen molar-refractivity contribution in [1.82, 2.24) is 15.0 Å². The number of rotatable bonds is 7. The number of nitrogens with zero attached hydrogens (tertiary/aromatic N) is 5. The van der Waals surface area contributed by atoms with Crippen molar-refractivity contribution < 1.29 is 5.11 Å². The Balaban J connectivity index is 1.90. The predicted molar refractivity (Wildman–Crippen MR) is 100 cm³/mol. The van der Waals surface area contributed by atoms with Crippen LogP contribution in [0, 0.1) is 0 Å². The van der Waals surface area contributed by atoms with E-state index in [9.17, 15) is 0 Å². The highest BCUT2D eigenvalue weighted by Crippen LogP contribution is 2.24. The molecular formula is C18H26N6O. The molecule has 0 amide bonds. The molecule has 3 rings (SSSR count). The molecule has 0 aliphatic carbocycles. The van der Waals surface area contributed by atoms with Gasteiger partial charge in [-0.25, -0.2) is 0 Å². The van der Waals surface area contributed by atoms with Crippen LogP contribution in [0.5, 0.6) is 0 Å². The molecule has 0 radical (unpaired) electrons. The summed E-state index contributed by atoms with van der Waals surface area (Å²) in [5.74, 6) is 1.88. The molecule has 0 unspecified atom stereocenters. The first-order valence-corrected chi connectivity index (χ1v) is 8.92. The summed E-state index contributed by atoms with van der Waals surface area (Å²) in [6, 6.07) is 8.52. The molecule has 7 nitrogen and oxygen atoms in total. The van der Waals surface area contributed by atoms with Crippen molar-refractivity contribution in [3.8, 4) is 0 Å². The zero-order valence-electron chi connectivity index (χ0n) is 14.9. The lowest BCUT2D eigenvalue weighted by Crippen LogP contribution is -2.33. The van der Waals surface area contributed by atoms with Crippen LogP contribution in [-0.4, -0.2) is 52.8 Å². The van der Waals surface area contributed by atoms with Crippen LogP contribution >= 0.6 is 0 Å². The van der Waals surface area contributed by atoms with E-state index in [0.717, 1.165) is 32.6 Å². The van der Waals surface area contributed by atoms with E-state index in [4.69, 9.17) is 10.1 Å². The zero-order valence-corrected chi connectivity index (χ0v) is 14.9. The predicted octanol–water partition coefficient (Wildman–Crippen LogP) is 1.68. The summed E-state index contributed by atoms with van der Waals surface area (Å²) >= 11 is 0. The SMILES string of the molecule is CCN(CC)c1nc(NCCO)nc(N2CCc3ccccc3C2)n1. The molecule has 2 heterocycles. The highest BCUT2D eigenvalue weighted by atomic mass is 16.3. The summed E-state index contributed by atoms with van der Waals surface area (Å²) in [5, 5.41) is 12.1. The molecule has 25 heavy (non-hydrogen) atoms. The van der Waals surface area contributed by atoms with Crippen LogP contribution in [0.4, 0.5) is 17.8 Å². The van der Waals surface area contributed by atoms with Gasteiger partial charge in [0.2, 0.25) is 17.8 Å². The quantitative estimate of drug-likeness (QED) is 0.793. The Morgan fingerprint density at radius 3 is 2.60 bits per heavy atom. The van der Waals surface area contributed by atoms with Crippen molar-refractivity contribution in [3.63, 3.8) is 0 Å². The zero-order chi connectivity index (χ0) is 17.6. The summed E-state index contributed by atoms with van der Waals surface area (Å²) in [6.07, 6.45) is 0.988. The van der Waals surface area contributed by atoms with E-state index in [-0.39, 0.29) is 6.61 Å². The number of benzene rings is 1. The molecular weight excluding hydrogens is 316 g/mol. The Bertz CT molecular complexity index is 704. The molecule has 0 saturated carbocycles. The highest BCUT2D eigenvalue weighted by Gasteiger charge is 2.20. The monoisotopic (exact) mass is 342 g/mol. The number of anilines is 3. The molecule has 0 spiro atoms. The molecule has 0 saturated heterocycles. The smallest absolute Gasteiger partial charge is 0.232 e. The molecule has 1 aliphatic rings. The van der Waals surface area contributed by atoms with Gasteiger partial charge in [-0.05, 0) is 31.4 Å². The lowest BCUT2D eigenvalue weighted by molar-refractivity contribution is 0.311. The number of hydrogen-bond donors (Lipinski definition) is 2. The maximum atomic E-state index is 9.07. The first-order valence-electron chi connectivity index (χ1n) is 8.92. The third-order valence-corrected chi connectivity index (χ3v) is 4.47. The number of aliphatic hydroxyl groups is 1. The van der Waals surface area contributed by atoms with Gasteiger partial charge in [-0.1, -0.05) is 24.3 Å². The molecule has 0 fully saturated rings. The molecule has 7 heteroatoms. The fourth-order valence-electron chi connectivity index (χ4n) is 3.06. The van der Waals surface area contributed by atoms with Crippen LogP contribution in [0.2, 0.25) is 0 Å². The summed E-state index contributed by atoms with van der Waals surface area (Å²) in [6.45, 7) is 8.00. The number of hydrogen-bond acceptors (Lipinski definition) is 7. The van der Waals surface area contributed by atoms with E-state index in [1.54, 1.807) is 0 Å². The molecule has 0 atom stereocenters. The largest absolute Gasteiger partial charge is 0.395 e. The number of aromatic nitrogens is 3. The minimum absolute atomic E-state index is 0.0404. The summed E-state index contributed by atoms with van der Waals surface area (Å²) in [7, 11) is 0. The third kappa shape index (κ3) is 3.99. The second-order valence-corrected chi connectivity index (χ2v) is 6.02. The summed E-state index contributed by atoms with van der Waals surface area (Å²) in [5.41, 5.74) is 2.72. The van der Waals surface area contributed by atoms with Gasteiger partial charge < -0.3 is 20.2 Å². The Hall–Kier alpha value is -2.41. The van der Waals surface area contributed by atoms with Crippen LogP contribution in [0.3, 0.4) is 0 Å². The molecule has 2 aromatic rings. The maximum absolute atomic E-state index is 9.07. The van der Waals surface area contributed by atoms with Gasteiger partial charge in [-0.2, -0.15) is 15.0 Å². The van der Waals surface area contributed by atoms with Gasteiger partial charge >= 0.3 is 0 Å². The van der Waals surface area contributed by atoms with Gasteiger partial charge in [0.1, 0.15) is 0 Å². The van der Waals surface area contributed by atoms with E-state index >= 15 is 0 Å². The Morgan fingerprint density at radius 1 is 1.12 bits per heavy atom. The van der Waals surface area contributed by atoms with Crippen molar-refractivity contribution in [3.05, 3.63) is 35.4 Å². The molecule has 2 N–H and O–H groups in total. The maximum Gasteiger partial charge on any atom is 0.232 e. The van der Waals surface area contributed by atoms with Gasteiger partial charge in [-0.15, -0.1) is 0 Å². The average Bonchev–Trinajstić information content (AvgIpc) is 2.67. The molecule has 134 valence electrons. The Labute approximate surface area is 148 Å². The van der Waals surface area contributed by atoms with Crippen LogP contribution in [-0.2, 0) is 13.0 Å². The molecule has 1 aromatic heterocycles. The van der Waals surface area contributed by atoms with Crippen molar-refractivity contribution in [2.24, 2.45) is 0 Å². The van der Waals surface area contributed by atoms with Gasteiger partial charge in [0.15, 0.2) is 0 Å². The Kier molecular flexibility index (Phi) is 5.65. The standard InChI is InChI=1S/C18H26N6O/c1-3-23(4-2)17-20-16(19-10-12-25)21-18(22-17)24-11-9-14-7-5-6-8-15(14)13-24/h5-8,25H,3-4,9-13H2,1-2H3,(H,19,20,21,22). The third-order valence-electron chi connectivity index (χ3n) is 4.47. The highest BCUT2D eigenvalue weighted by molar-refractivity contribution is 5.47. The van der Waals surface area contributed by atoms with Crippen LogP contribution < -0.4 is 15.1 Å². The van der Waals surface area contributed by atoms with Gasteiger partial charge in [0.05, 0.1) is 6.61 Å². The summed E-state index contributed by atoms with van der Waals surface area (Å²) < 4.78 is 0. The molecule has 1 aromatic carbocycles. The van der Waals surface area contributed by atoms with E-state index in [0.29, 0.717) is 24.4 Å². The van der Waals surface area contributed by atoms with Crippen molar-refractivity contribution in [2.45, 2.75) is 26.8 Å². The first kappa shape index (κ1) is 17.4. The number of nitrogens with one attached hydrogen (secondary N) is 1. The summed E-state index contributed by atoms with van der Waals surface area (Å²) in [4.78, 5) is 18.1. The lowest BCUT2D eigenvalue weighted by atomic mass is 10.0. The Morgan fingerprint density at radius 2 is 1.88 bits per heavy atom. The van der Waals surface area contributed by atoms with Crippen molar-refractivity contribution in [1.29, 1.82) is 0 Å². The van der Waals surface area contributed by atoms with Gasteiger partial charge in [0, 0.05) is 32.7 Å². The normalized spacial score (nSPS) is 13.5. The van der Waals surface area contributed by atoms with E-state index in [2.05, 4.69) is 63.2 Å². The van der Waals surface area contributed by atoms with Crippen molar-refractivity contribution in [2.75, 3.05) is 47.9 Å². The van der Waals surface area contributed by atoms with Gasteiger partial charge in [-0.3, -0.25) is 0 Å².